The van der Waals surface area contributed by atoms with Crippen LogP contribution in [0.1, 0.15) is 62.0 Å². The number of rotatable bonds is 7. The summed E-state index contributed by atoms with van der Waals surface area (Å²) in [5.41, 5.74) is 0.0328. The summed E-state index contributed by atoms with van der Waals surface area (Å²) in [6.07, 6.45) is 5.34. The third-order valence-corrected chi connectivity index (χ3v) is 6.60. The minimum atomic E-state index is -0.659. The molecule has 2 amide bonds. The maximum absolute atomic E-state index is 13.0. The number of hydrogen-bond donors (Lipinski definition) is 2. The molecule has 0 spiro atoms. The van der Waals surface area contributed by atoms with E-state index in [1.807, 2.05) is 18.4 Å². The minimum absolute atomic E-state index is 0.0328. The quantitative estimate of drug-likeness (QED) is 0.747. The van der Waals surface area contributed by atoms with E-state index in [0.717, 1.165) is 25.7 Å². The molecule has 3 atom stereocenters. The van der Waals surface area contributed by atoms with Crippen molar-refractivity contribution in [3.05, 3.63) is 22.4 Å². The van der Waals surface area contributed by atoms with Crippen molar-refractivity contribution in [2.75, 3.05) is 6.61 Å². The van der Waals surface area contributed by atoms with Crippen LogP contribution in [0, 0.1) is 5.41 Å². The van der Waals surface area contributed by atoms with E-state index in [4.69, 9.17) is 4.74 Å². The normalized spacial score (nSPS) is 25.3. The molecule has 1 saturated heterocycles. The molecule has 27 heavy (non-hydrogen) atoms. The highest BCUT2D eigenvalue weighted by Gasteiger charge is 2.39. The van der Waals surface area contributed by atoms with Gasteiger partial charge in [0.1, 0.15) is 18.7 Å². The minimum Gasteiger partial charge on any atom is -0.368 e. The Balaban J connectivity index is 1.72. The van der Waals surface area contributed by atoms with Gasteiger partial charge in [-0.2, -0.15) is 0 Å². The molecule has 3 rings (SSSR count). The molecule has 1 aliphatic carbocycles. The third-order valence-electron chi connectivity index (χ3n) is 5.73. The second-order valence-corrected chi connectivity index (χ2v) is 8.88. The third kappa shape index (κ3) is 4.76. The Hall–Kier alpha value is -1.73. The summed E-state index contributed by atoms with van der Waals surface area (Å²) >= 11 is 1.35. The van der Waals surface area contributed by atoms with Gasteiger partial charge < -0.3 is 15.4 Å². The summed E-state index contributed by atoms with van der Waals surface area (Å²) in [5, 5.41) is 7.58. The maximum Gasteiger partial charge on any atom is 0.261 e. The molecule has 1 aliphatic heterocycles. The highest BCUT2D eigenvalue weighted by molar-refractivity contribution is 7.12. The number of ether oxygens (including phenoxy) is 1. The zero-order valence-electron chi connectivity index (χ0n) is 16.0. The summed E-state index contributed by atoms with van der Waals surface area (Å²) in [6, 6.07) is 2.27. The molecule has 7 heteroatoms. The first-order valence-electron chi connectivity index (χ1n) is 9.71. The average molecular weight is 393 g/mol. The van der Waals surface area contributed by atoms with Gasteiger partial charge in [-0.05, 0) is 42.5 Å². The molecule has 1 unspecified atom stereocenters. The average Bonchev–Trinajstić information content (AvgIpc) is 3.37. The van der Waals surface area contributed by atoms with Crippen molar-refractivity contribution in [1.82, 2.24) is 10.6 Å². The van der Waals surface area contributed by atoms with Crippen molar-refractivity contribution in [2.45, 2.75) is 70.6 Å². The van der Waals surface area contributed by atoms with Crippen LogP contribution in [0.15, 0.2) is 17.5 Å². The van der Waals surface area contributed by atoms with Gasteiger partial charge in [0.15, 0.2) is 5.78 Å². The van der Waals surface area contributed by atoms with Crippen molar-refractivity contribution in [3.63, 3.8) is 0 Å². The summed E-state index contributed by atoms with van der Waals surface area (Å²) in [6.45, 7) is 4.14. The Morgan fingerprint density at radius 2 is 2.11 bits per heavy atom. The molecule has 6 nitrogen and oxygen atoms in total. The number of nitrogens with one attached hydrogen (secondary N) is 2. The lowest BCUT2D eigenvalue weighted by molar-refractivity contribution is -0.128. The Kier molecular flexibility index (Phi) is 6.32. The fourth-order valence-electron chi connectivity index (χ4n) is 4.14. The van der Waals surface area contributed by atoms with Crippen LogP contribution in [0.3, 0.4) is 0 Å². The molecular weight excluding hydrogens is 364 g/mol. The Morgan fingerprint density at radius 1 is 1.37 bits per heavy atom. The Morgan fingerprint density at radius 3 is 2.74 bits per heavy atom. The second-order valence-electron chi connectivity index (χ2n) is 7.94. The topological polar surface area (TPSA) is 84.5 Å². The van der Waals surface area contributed by atoms with Gasteiger partial charge in [-0.15, -0.1) is 11.3 Å². The molecule has 1 aromatic heterocycles. The molecule has 148 valence electrons. The zero-order chi connectivity index (χ0) is 19.4. The van der Waals surface area contributed by atoms with E-state index in [9.17, 15) is 14.4 Å². The van der Waals surface area contributed by atoms with Crippen LogP contribution in [0.25, 0.3) is 0 Å². The molecule has 2 N–H and O–H groups in total. The molecular formula is C20H28N2O4S. The van der Waals surface area contributed by atoms with Gasteiger partial charge >= 0.3 is 0 Å². The summed E-state index contributed by atoms with van der Waals surface area (Å²) < 4.78 is 5.45. The van der Waals surface area contributed by atoms with E-state index >= 15 is 0 Å². The Labute approximate surface area is 164 Å². The molecule has 1 saturated carbocycles. The van der Waals surface area contributed by atoms with Crippen LogP contribution in [-0.4, -0.2) is 42.4 Å². The fraction of sp³-hybridized carbons (Fsp3) is 0.650. The lowest BCUT2D eigenvalue weighted by atomic mass is 9.81. The van der Waals surface area contributed by atoms with Crippen LogP contribution in [0.4, 0.5) is 0 Å². The van der Waals surface area contributed by atoms with E-state index in [1.165, 1.54) is 11.3 Å². The second kappa shape index (κ2) is 8.52. The van der Waals surface area contributed by atoms with E-state index in [-0.39, 0.29) is 35.7 Å². The predicted molar refractivity (Wildman–Crippen MR) is 104 cm³/mol. The van der Waals surface area contributed by atoms with Crippen LogP contribution >= 0.6 is 11.3 Å². The standard InChI is InChI=1S/C20H28N2O4S/c1-3-15-17(14(23)12-26-15)22-18(24)13(11-20(2)8-4-5-9-20)21-19(25)16-7-6-10-27-16/h6-7,10,13,15,17H,3-5,8-9,11-12H2,1-2H3,(H,21,25)(H,22,24)/t13?,15-,17+/m0/s1. The number of carbonyl (C=O) groups is 3. The van der Waals surface area contributed by atoms with Crippen LogP contribution in [0.2, 0.25) is 0 Å². The van der Waals surface area contributed by atoms with Crippen LogP contribution in [0.5, 0.6) is 0 Å². The molecule has 2 aliphatic rings. The highest BCUT2D eigenvalue weighted by Crippen LogP contribution is 2.41. The molecule has 0 radical (unpaired) electrons. The molecule has 2 fully saturated rings. The van der Waals surface area contributed by atoms with Gasteiger partial charge in [0.25, 0.3) is 5.91 Å². The first kappa shape index (κ1) is 20.0. The van der Waals surface area contributed by atoms with Crippen LogP contribution < -0.4 is 10.6 Å². The molecule has 2 heterocycles. The number of hydrogen-bond acceptors (Lipinski definition) is 5. The predicted octanol–water partition coefficient (Wildman–Crippen LogP) is 2.68. The molecule has 0 bridgehead atoms. The van der Waals surface area contributed by atoms with Crippen molar-refractivity contribution in [2.24, 2.45) is 5.41 Å². The number of amides is 2. The van der Waals surface area contributed by atoms with Crippen molar-refractivity contribution in [3.8, 4) is 0 Å². The number of Topliss-reactive ketones (excluding diaryl/α,β-unsaturated/α-hetero) is 1. The first-order valence-corrected chi connectivity index (χ1v) is 10.6. The smallest absolute Gasteiger partial charge is 0.261 e. The largest absolute Gasteiger partial charge is 0.368 e. The monoisotopic (exact) mass is 392 g/mol. The van der Waals surface area contributed by atoms with E-state index in [1.54, 1.807) is 6.07 Å². The van der Waals surface area contributed by atoms with Gasteiger partial charge in [0.05, 0.1) is 11.0 Å². The fourth-order valence-corrected chi connectivity index (χ4v) is 4.76. The van der Waals surface area contributed by atoms with Gasteiger partial charge in [0, 0.05) is 0 Å². The van der Waals surface area contributed by atoms with Gasteiger partial charge in [-0.1, -0.05) is 32.8 Å². The van der Waals surface area contributed by atoms with E-state index < -0.39 is 12.1 Å². The van der Waals surface area contributed by atoms with E-state index in [2.05, 4.69) is 17.6 Å². The molecule has 0 aromatic carbocycles. The lowest BCUT2D eigenvalue weighted by Crippen LogP contribution is -2.54. The number of ketones is 1. The number of carbonyl (C=O) groups excluding carboxylic acids is 3. The van der Waals surface area contributed by atoms with E-state index in [0.29, 0.717) is 17.7 Å². The maximum atomic E-state index is 13.0. The van der Waals surface area contributed by atoms with Gasteiger partial charge in [-0.3, -0.25) is 14.4 Å². The van der Waals surface area contributed by atoms with Crippen molar-refractivity contribution >= 4 is 28.9 Å². The highest BCUT2D eigenvalue weighted by atomic mass is 32.1. The summed E-state index contributed by atoms with van der Waals surface area (Å²) in [4.78, 5) is 38.2. The first-order chi connectivity index (χ1) is 12.9. The summed E-state index contributed by atoms with van der Waals surface area (Å²) in [5.74, 6) is -0.645. The zero-order valence-corrected chi connectivity index (χ0v) is 16.8. The molecule has 1 aromatic rings. The summed E-state index contributed by atoms with van der Waals surface area (Å²) in [7, 11) is 0. The van der Waals surface area contributed by atoms with Crippen molar-refractivity contribution < 1.29 is 19.1 Å². The van der Waals surface area contributed by atoms with Gasteiger partial charge in [0.2, 0.25) is 5.91 Å². The SMILES string of the molecule is CC[C@@H]1OCC(=O)[C@H]1NC(=O)C(CC1(C)CCCC1)NC(=O)c1cccs1. The lowest BCUT2D eigenvalue weighted by Gasteiger charge is -2.30. The van der Waals surface area contributed by atoms with Crippen LogP contribution in [-0.2, 0) is 14.3 Å². The van der Waals surface area contributed by atoms with Crippen molar-refractivity contribution in [1.29, 1.82) is 0 Å². The Bertz CT molecular complexity index is 682. The number of thiophene rings is 1. The van der Waals surface area contributed by atoms with Gasteiger partial charge in [-0.25, -0.2) is 0 Å².